The topological polar surface area (TPSA) is 61.9 Å². The van der Waals surface area contributed by atoms with E-state index in [2.05, 4.69) is 24.1 Å². The highest BCUT2D eigenvalue weighted by molar-refractivity contribution is 6.35. The Bertz CT molecular complexity index is 315. The summed E-state index contributed by atoms with van der Waals surface area (Å²) < 4.78 is 5.40. The first kappa shape index (κ1) is 17.9. The largest absolute Gasteiger partial charge is 0.381 e. The van der Waals surface area contributed by atoms with Crippen LogP contribution in [0.15, 0.2) is 0 Å². The maximum absolute atomic E-state index is 12.0. The minimum atomic E-state index is -0.492. The second-order valence-corrected chi connectivity index (χ2v) is 5.30. The molecular formula is C15H29N3O3. The Hall–Kier alpha value is -1.14. The Morgan fingerprint density at radius 2 is 1.71 bits per heavy atom. The van der Waals surface area contributed by atoms with E-state index in [1.54, 1.807) is 4.90 Å². The molecule has 6 nitrogen and oxygen atoms in total. The van der Waals surface area contributed by atoms with Crippen molar-refractivity contribution in [3.63, 3.8) is 0 Å². The van der Waals surface area contributed by atoms with Gasteiger partial charge >= 0.3 is 11.8 Å². The third-order valence-electron chi connectivity index (χ3n) is 3.69. The molecule has 0 spiro atoms. The number of hydrogen-bond acceptors (Lipinski definition) is 4. The van der Waals surface area contributed by atoms with Gasteiger partial charge < -0.3 is 19.9 Å². The minimum Gasteiger partial charge on any atom is -0.381 e. The molecule has 2 amide bonds. The summed E-state index contributed by atoms with van der Waals surface area (Å²) >= 11 is 0. The molecule has 1 aliphatic heterocycles. The molecule has 122 valence electrons. The molecule has 21 heavy (non-hydrogen) atoms. The van der Waals surface area contributed by atoms with E-state index in [-0.39, 0.29) is 0 Å². The average Bonchev–Trinajstić information content (AvgIpc) is 2.53. The van der Waals surface area contributed by atoms with Gasteiger partial charge in [-0.15, -0.1) is 0 Å². The van der Waals surface area contributed by atoms with Crippen molar-refractivity contribution in [2.75, 3.05) is 52.5 Å². The Kier molecular flexibility index (Phi) is 9.01. The molecular weight excluding hydrogens is 270 g/mol. The summed E-state index contributed by atoms with van der Waals surface area (Å²) in [4.78, 5) is 27.6. The number of amides is 2. The zero-order valence-electron chi connectivity index (χ0n) is 13.4. The average molecular weight is 299 g/mol. The second-order valence-electron chi connectivity index (χ2n) is 5.30. The van der Waals surface area contributed by atoms with E-state index >= 15 is 0 Å². The van der Waals surface area contributed by atoms with Gasteiger partial charge in [0.1, 0.15) is 0 Å². The van der Waals surface area contributed by atoms with Gasteiger partial charge in [0, 0.05) is 45.9 Å². The molecule has 1 fully saturated rings. The van der Waals surface area contributed by atoms with Gasteiger partial charge in [-0.3, -0.25) is 9.59 Å². The number of nitrogens with zero attached hydrogens (tertiary/aromatic N) is 2. The van der Waals surface area contributed by atoms with Crippen LogP contribution in [-0.2, 0) is 14.3 Å². The van der Waals surface area contributed by atoms with Gasteiger partial charge in [0.15, 0.2) is 0 Å². The standard InChI is InChI=1S/C15H29N3O3/c1-3-5-12-21-13-6-7-16-14(19)15(20)18-10-8-17(4-2)9-11-18/h3-13H2,1-2H3,(H,16,19). The lowest BCUT2D eigenvalue weighted by Gasteiger charge is -2.33. The molecule has 0 aromatic rings. The number of ether oxygens (including phenoxy) is 1. The molecule has 0 atom stereocenters. The number of carbonyl (C=O) groups excluding carboxylic acids is 2. The smallest absolute Gasteiger partial charge is 0.311 e. The zero-order valence-corrected chi connectivity index (χ0v) is 13.4. The van der Waals surface area contributed by atoms with E-state index in [0.29, 0.717) is 26.2 Å². The van der Waals surface area contributed by atoms with E-state index in [1.165, 1.54) is 0 Å². The molecule has 0 aromatic carbocycles. The van der Waals surface area contributed by atoms with Crippen LogP contribution in [-0.4, -0.2) is 74.1 Å². The molecule has 0 saturated carbocycles. The van der Waals surface area contributed by atoms with Gasteiger partial charge in [0.25, 0.3) is 0 Å². The first-order valence-electron chi connectivity index (χ1n) is 8.06. The van der Waals surface area contributed by atoms with Crippen LogP contribution < -0.4 is 5.32 Å². The third kappa shape index (κ3) is 6.91. The molecule has 0 radical (unpaired) electrons. The van der Waals surface area contributed by atoms with Crippen molar-refractivity contribution in [3.8, 4) is 0 Å². The Labute approximate surface area is 127 Å². The lowest BCUT2D eigenvalue weighted by atomic mass is 10.3. The van der Waals surface area contributed by atoms with Gasteiger partial charge in [-0.05, 0) is 19.4 Å². The van der Waals surface area contributed by atoms with Gasteiger partial charge in [-0.2, -0.15) is 0 Å². The molecule has 0 unspecified atom stereocenters. The highest BCUT2D eigenvalue weighted by Gasteiger charge is 2.24. The van der Waals surface area contributed by atoms with Crippen molar-refractivity contribution in [1.29, 1.82) is 0 Å². The SMILES string of the molecule is CCCCOCCCNC(=O)C(=O)N1CCN(CC)CC1. The molecule has 1 heterocycles. The molecule has 1 aliphatic rings. The quantitative estimate of drug-likeness (QED) is 0.523. The van der Waals surface area contributed by atoms with E-state index in [9.17, 15) is 9.59 Å². The normalized spacial score (nSPS) is 16.0. The van der Waals surface area contributed by atoms with Crippen LogP contribution in [0.5, 0.6) is 0 Å². The molecule has 6 heteroatoms. The Balaban J connectivity index is 2.10. The number of unbranched alkanes of at least 4 members (excludes halogenated alkanes) is 1. The fourth-order valence-electron chi connectivity index (χ4n) is 2.21. The van der Waals surface area contributed by atoms with Crippen LogP contribution in [0, 0.1) is 0 Å². The number of carbonyl (C=O) groups is 2. The van der Waals surface area contributed by atoms with Crippen molar-refractivity contribution >= 4 is 11.8 Å². The first-order chi connectivity index (χ1) is 10.2. The molecule has 1 saturated heterocycles. The van der Waals surface area contributed by atoms with Gasteiger partial charge in [-0.1, -0.05) is 20.3 Å². The lowest BCUT2D eigenvalue weighted by Crippen LogP contribution is -2.52. The summed E-state index contributed by atoms with van der Waals surface area (Å²) in [5, 5.41) is 2.67. The van der Waals surface area contributed by atoms with Crippen molar-refractivity contribution in [2.24, 2.45) is 0 Å². The van der Waals surface area contributed by atoms with E-state index in [1.807, 2.05) is 0 Å². The van der Waals surface area contributed by atoms with Crippen molar-refractivity contribution in [2.45, 2.75) is 33.1 Å². The molecule has 0 aromatic heterocycles. The fraction of sp³-hybridized carbons (Fsp3) is 0.867. The highest BCUT2D eigenvalue weighted by Crippen LogP contribution is 2.01. The zero-order chi connectivity index (χ0) is 15.5. The van der Waals surface area contributed by atoms with Crippen LogP contribution in [0.25, 0.3) is 0 Å². The fourth-order valence-corrected chi connectivity index (χ4v) is 2.21. The summed E-state index contributed by atoms with van der Waals surface area (Å²) in [5.74, 6) is -0.897. The van der Waals surface area contributed by atoms with E-state index in [0.717, 1.165) is 45.5 Å². The molecule has 0 aliphatic carbocycles. The van der Waals surface area contributed by atoms with Crippen molar-refractivity contribution in [1.82, 2.24) is 15.1 Å². The van der Waals surface area contributed by atoms with Crippen LogP contribution >= 0.6 is 0 Å². The number of hydrogen-bond donors (Lipinski definition) is 1. The Morgan fingerprint density at radius 3 is 2.33 bits per heavy atom. The van der Waals surface area contributed by atoms with Crippen molar-refractivity contribution in [3.05, 3.63) is 0 Å². The molecule has 1 rings (SSSR count). The Morgan fingerprint density at radius 1 is 1.05 bits per heavy atom. The predicted molar refractivity (Wildman–Crippen MR) is 82.0 cm³/mol. The molecule has 0 bridgehead atoms. The van der Waals surface area contributed by atoms with Crippen molar-refractivity contribution < 1.29 is 14.3 Å². The first-order valence-corrected chi connectivity index (χ1v) is 8.06. The summed E-state index contributed by atoms with van der Waals surface area (Å²) in [6, 6.07) is 0. The highest BCUT2D eigenvalue weighted by atomic mass is 16.5. The van der Waals surface area contributed by atoms with Gasteiger partial charge in [0.2, 0.25) is 0 Å². The van der Waals surface area contributed by atoms with E-state index < -0.39 is 11.8 Å². The monoisotopic (exact) mass is 299 g/mol. The van der Waals surface area contributed by atoms with Crippen LogP contribution in [0.1, 0.15) is 33.1 Å². The number of likely N-dealkylation sites (N-methyl/N-ethyl adjacent to an activating group) is 1. The van der Waals surface area contributed by atoms with Gasteiger partial charge in [0.05, 0.1) is 0 Å². The predicted octanol–water partition coefficient (Wildman–Crippen LogP) is 0.474. The van der Waals surface area contributed by atoms with E-state index in [4.69, 9.17) is 4.74 Å². The summed E-state index contributed by atoms with van der Waals surface area (Å²) in [5.41, 5.74) is 0. The maximum Gasteiger partial charge on any atom is 0.311 e. The van der Waals surface area contributed by atoms with Crippen LogP contribution in [0.3, 0.4) is 0 Å². The molecule has 1 N–H and O–H groups in total. The third-order valence-corrected chi connectivity index (χ3v) is 3.69. The number of nitrogens with one attached hydrogen (secondary N) is 1. The summed E-state index contributed by atoms with van der Waals surface area (Å²) in [6.07, 6.45) is 2.93. The lowest BCUT2D eigenvalue weighted by molar-refractivity contribution is -0.147. The number of rotatable bonds is 8. The van der Waals surface area contributed by atoms with Crippen LogP contribution in [0.4, 0.5) is 0 Å². The summed E-state index contributed by atoms with van der Waals surface area (Å²) in [7, 11) is 0. The minimum absolute atomic E-state index is 0.405. The van der Waals surface area contributed by atoms with Crippen LogP contribution in [0.2, 0.25) is 0 Å². The van der Waals surface area contributed by atoms with Gasteiger partial charge in [-0.25, -0.2) is 0 Å². The summed E-state index contributed by atoms with van der Waals surface area (Å²) in [6.45, 7) is 10.1. The maximum atomic E-state index is 12.0. The second kappa shape index (κ2) is 10.6. The number of piperazine rings is 1.